The van der Waals surface area contributed by atoms with E-state index in [9.17, 15) is 9.59 Å². The topological polar surface area (TPSA) is 81.2 Å². The molecular formula is C18H22N4O3. The predicted molar refractivity (Wildman–Crippen MR) is 96.8 cm³/mol. The minimum absolute atomic E-state index is 0.00918. The summed E-state index contributed by atoms with van der Waals surface area (Å²) in [4.78, 5) is 24.1. The molecule has 0 aliphatic rings. The van der Waals surface area contributed by atoms with Crippen molar-refractivity contribution >= 4 is 22.8 Å². The van der Waals surface area contributed by atoms with Gasteiger partial charge in [0.05, 0.1) is 17.3 Å². The van der Waals surface area contributed by atoms with Crippen LogP contribution in [0.15, 0.2) is 45.8 Å². The van der Waals surface area contributed by atoms with Gasteiger partial charge in [0, 0.05) is 32.2 Å². The first kappa shape index (κ1) is 16.9. The number of imidazole rings is 1. The van der Waals surface area contributed by atoms with Gasteiger partial charge in [-0.3, -0.25) is 9.13 Å². The number of anilines is 1. The summed E-state index contributed by atoms with van der Waals surface area (Å²) in [5, 5.41) is 5.72. The fraction of sp³-hybridized carbons (Fsp3) is 0.333. The van der Waals surface area contributed by atoms with E-state index in [0.717, 1.165) is 29.6 Å². The van der Waals surface area contributed by atoms with E-state index < -0.39 is 0 Å². The molecule has 0 bridgehead atoms. The van der Waals surface area contributed by atoms with Crippen LogP contribution in [0.3, 0.4) is 0 Å². The van der Waals surface area contributed by atoms with Crippen molar-refractivity contribution in [2.45, 2.75) is 25.8 Å². The zero-order valence-corrected chi connectivity index (χ0v) is 14.6. The number of urea groups is 1. The monoisotopic (exact) mass is 342 g/mol. The Hall–Kier alpha value is -2.96. The second kappa shape index (κ2) is 6.88. The van der Waals surface area contributed by atoms with E-state index in [1.165, 1.54) is 0 Å². The van der Waals surface area contributed by atoms with Crippen LogP contribution in [0.25, 0.3) is 11.0 Å². The van der Waals surface area contributed by atoms with Crippen molar-refractivity contribution in [3.05, 3.63) is 52.8 Å². The highest BCUT2D eigenvalue weighted by Gasteiger charge is 2.11. The highest BCUT2D eigenvalue weighted by Crippen LogP contribution is 2.17. The molecule has 7 nitrogen and oxygen atoms in total. The minimum atomic E-state index is -0.271. The molecule has 132 valence electrons. The molecule has 0 aliphatic heterocycles. The maximum atomic E-state index is 12.2. The molecule has 1 aromatic carbocycles. The Morgan fingerprint density at radius 1 is 1.20 bits per heavy atom. The van der Waals surface area contributed by atoms with Crippen molar-refractivity contribution in [2.24, 2.45) is 14.1 Å². The molecule has 2 heterocycles. The van der Waals surface area contributed by atoms with Crippen molar-refractivity contribution in [1.29, 1.82) is 0 Å². The number of amides is 2. The molecule has 0 fully saturated rings. The number of nitrogens with one attached hydrogen (secondary N) is 2. The van der Waals surface area contributed by atoms with E-state index in [-0.39, 0.29) is 17.8 Å². The quantitative estimate of drug-likeness (QED) is 0.748. The van der Waals surface area contributed by atoms with Gasteiger partial charge in [-0.05, 0) is 43.7 Å². The van der Waals surface area contributed by atoms with Gasteiger partial charge >= 0.3 is 11.7 Å². The number of rotatable bonds is 5. The zero-order valence-electron chi connectivity index (χ0n) is 14.6. The number of nitrogens with zero attached hydrogens (tertiary/aromatic N) is 2. The molecule has 2 aromatic heterocycles. The van der Waals surface area contributed by atoms with Crippen LogP contribution in [-0.4, -0.2) is 21.2 Å². The predicted octanol–water partition coefficient (Wildman–Crippen LogP) is 2.61. The number of hydrogen-bond acceptors (Lipinski definition) is 3. The minimum Gasteiger partial charge on any atom is -0.469 e. The summed E-state index contributed by atoms with van der Waals surface area (Å²) in [6, 6.07) is 8.92. The van der Waals surface area contributed by atoms with Gasteiger partial charge in [0.2, 0.25) is 0 Å². The van der Waals surface area contributed by atoms with Gasteiger partial charge in [-0.1, -0.05) is 0 Å². The van der Waals surface area contributed by atoms with Crippen molar-refractivity contribution in [3.8, 4) is 0 Å². The number of benzene rings is 1. The molecule has 0 aliphatic carbocycles. The number of furan rings is 1. The van der Waals surface area contributed by atoms with E-state index in [4.69, 9.17) is 4.42 Å². The van der Waals surface area contributed by atoms with Crippen LogP contribution < -0.4 is 16.3 Å². The molecule has 25 heavy (non-hydrogen) atoms. The molecule has 0 saturated carbocycles. The highest BCUT2D eigenvalue weighted by atomic mass is 16.3. The molecule has 0 spiro atoms. The van der Waals surface area contributed by atoms with E-state index >= 15 is 0 Å². The lowest BCUT2D eigenvalue weighted by Crippen LogP contribution is -2.36. The number of aromatic nitrogens is 2. The van der Waals surface area contributed by atoms with Gasteiger partial charge < -0.3 is 15.1 Å². The van der Waals surface area contributed by atoms with Crippen molar-refractivity contribution in [3.63, 3.8) is 0 Å². The van der Waals surface area contributed by atoms with Crippen LogP contribution in [-0.2, 0) is 20.5 Å². The standard InChI is InChI=1S/C18H22N4O3/c1-12(6-8-14-5-4-10-25-14)19-17(23)20-13-7-9-15-16(11-13)22(3)18(24)21(15)2/h4-5,7,9-12H,6,8H2,1-3H3,(H2,19,20,23)/t12-/m0/s1. The Morgan fingerprint density at radius 2 is 1.96 bits per heavy atom. The number of carbonyl (C=O) groups excluding carboxylic acids is 1. The van der Waals surface area contributed by atoms with Gasteiger partial charge in [0.15, 0.2) is 0 Å². The summed E-state index contributed by atoms with van der Waals surface area (Å²) in [6.07, 6.45) is 3.20. The number of hydrogen-bond donors (Lipinski definition) is 2. The Morgan fingerprint density at radius 3 is 2.68 bits per heavy atom. The molecule has 7 heteroatoms. The third kappa shape index (κ3) is 3.60. The number of fused-ring (bicyclic) bond motifs is 1. The Balaban J connectivity index is 1.61. The van der Waals surface area contributed by atoms with Crippen LogP contribution in [0.2, 0.25) is 0 Å². The summed E-state index contributed by atoms with van der Waals surface area (Å²) in [6.45, 7) is 1.95. The van der Waals surface area contributed by atoms with Crippen LogP contribution in [0, 0.1) is 0 Å². The lowest BCUT2D eigenvalue weighted by atomic mass is 10.1. The van der Waals surface area contributed by atoms with Gasteiger partial charge in [-0.2, -0.15) is 0 Å². The normalized spacial score (nSPS) is 12.3. The lowest BCUT2D eigenvalue weighted by Gasteiger charge is -2.14. The largest absolute Gasteiger partial charge is 0.469 e. The average Bonchev–Trinajstić information content (AvgIpc) is 3.17. The average molecular weight is 342 g/mol. The first-order valence-electron chi connectivity index (χ1n) is 8.21. The first-order valence-corrected chi connectivity index (χ1v) is 8.21. The van der Waals surface area contributed by atoms with Gasteiger partial charge in [0.1, 0.15) is 5.76 Å². The molecule has 2 amide bonds. The fourth-order valence-electron chi connectivity index (χ4n) is 2.86. The van der Waals surface area contributed by atoms with Crippen molar-refractivity contribution < 1.29 is 9.21 Å². The van der Waals surface area contributed by atoms with Crippen LogP contribution >= 0.6 is 0 Å². The third-order valence-electron chi connectivity index (χ3n) is 4.31. The molecule has 1 atom stereocenters. The highest BCUT2D eigenvalue weighted by molar-refractivity contribution is 5.92. The lowest BCUT2D eigenvalue weighted by molar-refractivity contribution is 0.248. The van der Waals surface area contributed by atoms with E-state index in [1.807, 2.05) is 25.1 Å². The van der Waals surface area contributed by atoms with Gasteiger partial charge in [0.25, 0.3) is 0 Å². The second-order valence-electron chi connectivity index (χ2n) is 6.22. The summed E-state index contributed by atoms with van der Waals surface area (Å²) in [5.41, 5.74) is 2.15. The summed E-state index contributed by atoms with van der Waals surface area (Å²) >= 11 is 0. The van der Waals surface area contributed by atoms with E-state index in [0.29, 0.717) is 5.69 Å². The molecular weight excluding hydrogens is 320 g/mol. The number of aryl methyl sites for hydroxylation is 3. The Kier molecular flexibility index (Phi) is 4.65. The maximum Gasteiger partial charge on any atom is 0.328 e. The summed E-state index contributed by atoms with van der Waals surface area (Å²) < 4.78 is 8.43. The fourth-order valence-corrected chi connectivity index (χ4v) is 2.86. The van der Waals surface area contributed by atoms with Crippen LogP contribution in [0.4, 0.5) is 10.5 Å². The first-order chi connectivity index (χ1) is 12.0. The molecule has 0 radical (unpaired) electrons. The molecule has 3 aromatic rings. The Labute approximate surface area is 145 Å². The zero-order chi connectivity index (χ0) is 18.0. The number of carbonyl (C=O) groups is 1. The molecule has 3 rings (SSSR count). The molecule has 0 unspecified atom stereocenters. The van der Waals surface area contributed by atoms with E-state index in [1.54, 1.807) is 41.6 Å². The van der Waals surface area contributed by atoms with Crippen molar-refractivity contribution in [2.75, 3.05) is 5.32 Å². The SMILES string of the molecule is C[C@@H](CCc1ccco1)NC(=O)Nc1ccc2c(c1)n(C)c(=O)n2C. The summed E-state index contributed by atoms with van der Waals surface area (Å²) in [5.74, 6) is 0.907. The smallest absolute Gasteiger partial charge is 0.328 e. The van der Waals surface area contributed by atoms with Gasteiger partial charge in [-0.25, -0.2) is 9.59 Å². The van der Waals surface area contributed by atoms with E-state index in [2.05, 4.69) is 10.6 Å². The Bertz CT molecular complexity index is 937. The molecule has 2 N–H and O–H groups in total. The van der Waals surface area contributed by atoms with Crippen LogP contribution in [0.1, 0.15) is 19.1 Å². The van der Waals surface area contributed by atoms with Crippen LogP contribution in [0.5, 0.6) is 0 Å². The third-order valence-corrected chi connectivity index (χ3v) is 4.31. The maximum absolute atomic E-state index is 12.2. The summed E-state index contributed by atoms with van der Waals surface area (Å²) in [7, 11) is 3.44. The van der Waals surface area contributed by atoms with Gasteiger partial charge in [-0.15, -0.1) is 0 Å². The van der Waals surface area contributed by atoms with Crippen molar-refractivity contribution in [1.82, 2.24) is 14.5 Å². The molecule has 0 saturated heterocycles. The second-order valence-corrected chi connectivity index (χ2v) is 6.22.